The Balaban J connectivity index is 1.67. The normalized spacial score (nSPS) is 10.7. The van der Waals surface area contributed by atoms with Crippen molar-refractivity contribution >= 4 is 22.6 Å². The molecule has 1 heterocycles. The number of methoxy groups -OCH3 is 3. The van der Waals surface area contributed by atoms with Crippen molar-refractivity contribution in [1.29, 1.82) is 0 Å². The maximum absolute atomic E-state index is 13.4. The van der Waals surface area contributed by atoms with Crippen LogP contribution in [0.25, 0.3) is 11.0 Å². The monoisotopic (exact) mass is 433 g/mol. The predicted molar refractivity (Wildman–Crippen MR) is 121 cm³/mol. The minimum Gasteiger partial charge on any atom is -0.493 e. The first-order chi connectivity index (χ1) is 15.5. The lowest BCUT2D eigenvalue weighted by molar-refractivity contribution is 0.103. The van der Waals surface area contributed by atoms with Gasteiger partial charge in [0.15, 0.2) is 17.3 Å². The number of rotatable bonds is 8. The third-order valence-corrected chi connectivity index (χ3v) is 5.09. The molecule has 164 valence electrons. The van der Waals surface area contributed by atoms with Gasteiger partial charge in [0, 0.05) is 17.0 Å². The van der Waals surface area contributed by atoms with E-state index in [1.54, 1.807) is 30.3 Å². The lowest BCUT2D eigenvalue weighted by Crippen LogP contribution is -2.05. The maximum atomic E-state index is 13.4. The van der Waals surface area contributed by atoms with Crippen molar-refractivity contribution in [2.75, 3.05) is 27.1 Å². The molecule has 0 amide bonds. The minimum absolute atomic E-state index is 0.0268. The number of nitrogen functional groups attached to an aromatic ring is 1. The van der Waals surface area contributed by atoms with E-state index in [2.05, 4.69) is 0 Å². The largest absolute Gasteiger partial charge is 0.493 e. The van der Waals surface area contributed by atoms with E-state index in [0.717, 1.165) is 5.56 Å². The number of ether oxygens (including phenoxy) is 4. The highest BCUT2D eigenvalue weighted by atomic mass is 16.5. The molecule has 0 aliphatic rings. The van der Waals surface area contributed by atoms with Crippen LogP contribution in [0.3, 0.4) is 0 Å². The van der Waals surface area contributed by atoms with E-state index in [4.69, 9.17) is 29.1 Å². The Labute approximate surface area is 185 Å². The second-order valence-electron chi connectivity index (χ2n) is 7.02. The molecule has 7 nitrogen and oxygen atoms in total. The minimum atomic E-state index is -0.321. The Bertz CT molecular complexity index is 1240. The molecule has 32 heavy (non-hydrogen) atoms. The Morgan fingerprint density at radius 2 is 1.59 bits per heavy atom. The number of fused-ring (bicyclic) bond motifs is 1. The fourth-order valence-electron chi connectivity index (χ4n) is 3.52. The van der Waals surface area contributed by atoms with Gasteiger partial charge in [0.25, 0.3) is 0 Å². The average molecular weight is 433 g/mol. The molecule has 4 rings (SSSR count). The van der Waals surface area contributed by atoms with E-state index in [0.29, 0.717) is 46.1 Å². The summed E-state index contributed by atoms with van der Waals surface area (Å²) in [5.41, 5.74) is 8.20. The Morgan fingerprint density at radius 1 is 0.906 bits per heavy atom. The summed E-state index contributed by atoms with van der Waals surface area (Å²) in [6.07, 6.45) is 0. The first-order valence-corrected chi connectivity index (χ1v) is 9.89. The van der Waals surface area contributed by atoms with E-state index < -0.39 is 0 Å². The first kappa shape index (κ1) is 21.1. The molecule has 0 aliphatic heterocycles. The van der Waals surface area contributed by atoms with Gasteiger partial charge in [-0.05, 0) is 29.8 Å². The van der Waals surface area contributed by atoms with E-state index in [-0.39, 0.29) is 17.2 Å². The molecule has 7 heteroatoms. The summed E-state index contributed by atoms with van der Waals surface area (Å²) in [6, 6.07) is 18.3. The summed E-state index contributed by atoms with van der Waals surface area (Å²) >= 11 is 0. The lowest BCUT2D eigenvalue weighted by Gasteiger charge is -2.13. The van der Waals surface area contributed by atoms with Crippen LogP contribution >= 0.6 is 0 Å². The molecule has 0 saturated carbocycles. The van der Waals surface area contributed by atoms with Gasteiger partial charge in [0.05, 0.1) is 26.9 Å². The summed E-state index contributed by atoms with van der Waals surface area (Å²) < 4.78 is 27.6. The number of furan rings is 1. The zero-order valence-corrected chi connectivity index (χ0v) is 18.0. The SMILES string of the molecule is COc1cc(C(=O)c2c(N)oc3cc(OCc4ccccc4)ccc23)cc(OC)c1OC. The second-order valence-corrected chi connectivity index (χ2v) is 7.02. The summed E-state index contributed by atoms with van der Waals surface area (Å²) in [5, 5.41) is 0.591. The van der Waals surface area contributed by atoms with Crippen LogP contribution in [0.2, 0.25) is 0 Å². The first-order valence-electron chi connectivity index (χ1n) is 9.89. The van der Waals surface area contributed by atoms with Crippen LogP contribution < -0.4 is 24.7 Å². The van der Waals surface area contributed by atoms with Crippen molar-refractivity contribution in [3.63, 3.8) is 0 Å². The second kappa shape index (κ2) is 8.93. The maximum Gasteiger partial charge on any atom is 0.203 e. The van der Waals surface area contributed by atoms with Crippen LogP contribution in [0.15, 0.2) is 65.1 Å². The number of carbonyl (C=O) groups excluding carboxylic acids is 1. The van der Waals surface area contributed by atoms with Gasteiger partial charge < -0.3 is 29.1 Å². The van der Waals surface area contributed by atoms with Crippen LogP contribution in [0.1, 0.15) is 21.5 Å². The Morgan fingerprint density at radius 3 is 2.22 bits per heavy atom. The number of ketones is 1. The molecule has 0 radical (unpaired) electrons. The number of anilines is 1. The molecular formula is C25H23NO6. The number of benzene rings is 3. The summed E-state index contributed by atoms with van der Waals surface area (Å²) in [7, 11) is 4.48. The zero-order valence-electron chi connectivity index (χ0n) is 18.0. The molecular weight excluding hydrogens is 410 g/mol. The third kappa shape index (κ3) is 3.92. The number of hydrogen-bond acceptors (Lipinski definition) is 7. The molecule has 0 aliphatic carbocycles. The number of nitrogens with two attached hydrogens (primary N) is 1. The highest BCUT2D eigenvalue weighted by Gasteiger charge is 2.24. The highest BCUT2D eigenvalue weighted by Crippen LogP contribution is 2.40. The van der Waals surface area contributed by atoms with Gasteiger partial charge in [-0.15, -0.1) is 0 Å². The van der Waals surface area contributed by atoms with Gasteiger partial charge in [0.1, 0.15) is 17.9 Å². The molecule has 4 aromatic rings. The quantitative estimate of drug-likeness (QED) is 0.397. The Kier molecular flexibility index (Phi) is 5.89. The van der Waals surface area contributed by atoms with Gasteiger partial charge in [-0.3, -0.25) is 4.79 Å². The number of carbonyl (C=O) groups is 1. The van der Waals surface area contributed by atoms with Crippen molar-refractivity contribution < 1.29 is 28.2 Å². The average Bonchev–Trinajstić information content (AvgIpc) is 3.16. The van der Waals surface area contributed by atoms with Crippen molar-refractivity contribution in [1.82, 2.24) is 0 Å². The van der Waals surface area contributed by atoms with Crippen molar-refractivity contribution in [2.24, 2.45) is 0 Å². The van der Waals surface area contributed by atoms with Crippen LogP contribution in [-0.2, 0) is 6.61 Å². The lowest BCUT2D eigenvalue weighted by atomic mass is 10.0. The van der Waals surface area contributed by atoms with Crippen molar-refractivity contribution in [3.8, 4) is 23.0 Å². The summed E-state index contributed by atoms with van der Waals surface area (Å²) in [5.74, 6) is 1.47. The molecule has 0 saturated heterocycles. The molecule has 0 fully saturated rings. The fraction of sp³-hybridized carbons (Fsp3) is 0.160. The summed E-state index contributed by atoms with van der Waals surface area (Å²) in [6.45, 7) is 0.416. The van der Waals surface area contributed by atoms with E-state index in [1.165, 1.54) is 21.3 Å². The van der Waals surface area contributed by atoms with Gasteiger partial charge in [0.2, 0.25) is 11.6 Å². The number of hydrogen-bond donors (Lipinski definition) is 1. The molecule has 1 aromatic heterocycles. The third-order valence-electron chi connectivity index (χ3n) is 5.09. The molecule has 0 unspecified atom stereocenters. The van der Waals surface area contributed by atoms with Crippen LogP contribution in [0.5, 0.6) is 23.0 Å². The smallest absolute Gasteiger partial charge is 0.203 e. The fourth-order valence-corrected chi connectivity index (χ4v) is 3.52. The van der Waals surface area contributed by atoms with Gasteiger partial charge in [-0.2, -0.15) is 0 Å². The van der Waals surface area contributed by atoms with Crippen LogP contribution in [0.4, 0.5) is 5.88 Å². The van der Waals surface area contributed by atoms with Gasteiger partial charge in [-0.1, -0.05) is 30.3 Å². The summed E-state index contributed by atoms with van der Waals surface area (Å²) in [4.78, 5) is 13.4. The highest BCUT2D eigenvalue weighted by molar-refractivity contribution is 6.19. The van der Waals surface area contributed by atoms with Crippen molar-refractivity contribution in [3.05, 3.63) is 77.4 Å². The van der Waals surface area contributed by atoms with E-state index in [9.17, 15) is 4.79 Å². The Hall–Kier alpha value is -4.13. The van der Waals surface area contributed by atoms with E-state index in [1.807, 2.05) is 30.3 Å². The zero-order chi connectivity index (χ0) is 22.7. The standard InChI is InChI=1S/C25H23NO6/c1-28-20-11-16(12-21(29-2)24(20)30-3)23(27)22-18-10-9-17(13-19(18)32-25(22)26)31-14-15-7-5-4-6-8-15/h4-13H,14,26H2,1-3H3. The van der Waals surface area contributed by atoms with Gasteiger partial charge in [-0.25, -0.2) is 0 Å². The van der Waals surface area contributed by atoms with Gasteiger partial charge >= 0.3 is 0 Å². The molecule has 0 atom stereocenters. The topological polar surface area (TPSA) is 93.2 Å². The van der Waals surface area contributed by atoms with Crippen LogP contribution in [0, 0.1) is 0 Å². The van der Waals surface area contributed by atoms with Crippen LogP contribution in [-0.4, -0.2) is 27.1 Å². The van der Waals surface area contributed by atoms with Crippen molar-refractivity contribution in [2.45, 2.75) is 6.61 Å². The molecule has 0 spiro atoms. The molecule has 0 bridgehead atoms. The predicted octanol–water partition coefficient (Wildman–Crippen LogP) is 4.85. The molecule has 2 N–H and O–H groups in total. The van der Waals surface area contributed by atoms with E-state index >= 15 is 0 Å². The molecule has 3 aromatic carbocycles.